The van der Waals surface area contributed by atoms with Gasteiger partial charge in [-0.3, -0.25) is 9.59 Å². The molecule has 40 heavy (non-hydrogen) atoms. The SMILES string of the molecule is C=CCCCCCCCCCC(=O)CC(C)CCC=C(C)C.CC1CC/C=C/CCCCCCCCCC(=O)C1. The van der Waals surface area contributed by atoms with Gasteiger partial charge in [0.2, 0.25) is 0 Å². The van der Waals surface area contributed by atoms with Crippen molar-refractivity contribution in [1.82, 2.24) is 0 Å². The molecule has 2 unspecified atom stereocenters. The van der Waals surface area contributed by atoms with Crippen LogP contribution in [-0.4, -0.2) is 11.6 Å². The predicted octanol–water partition coefficient (Wildman–Crippen LogP) is 12.5. The first-order valence-corrected chi connectivity index (χ1v) is 17.3. The average molecular weight is 557 g/mol. The molecule has 0 fully saturated rings. The van der Waals surface area contributed by atoms with E-state index >= 15 is 0 Å². The molecule has 1 rings (SSSR count). The van der Waals surface area contributed by atoms with Crippen LogP contribution < -0.4 is 0 Å². The van der Waals surface area contributed by atoms with Crippen molar-refractivity contribution in [1.29, 1.82) is 0 Å². The molecule has 0 saturated heterocycles. The molecule has 2 heteroatoms. The number of rotatable bonds is 15. The number of ketones is 2. The van der Waals surface area contributed by atoms with E-state index in [9.17, 15) is 9.59 Å². The number of hydrogen-bond acceptors (Lipinski definition) is 2. The Morgan fingerprint density at radius 3 is 2.15 bits per heavy atom. The summed E-state index contributed by atoms with van der Waals surface area (Å²) in [5.74, 6) is 2.05. The van der Waals surface area contributed by atoms with Crippen LogP contribution in [0.4, 0.5) is 0 Å². The Bertz CT molecular complexity index is 667. The van der Waals surface area contributed by atoms with Crippen LogP contribution in [0.25, 0.3) is 0 Å². The second kappa shape index (κ2) is 29.1. The lowest BCUT2D eigenvalue weighted by Crippen LogP contribution is -2.05. The molecule has 0 amide bonds. The maximum atomic E-state index is 11.9. The summed E-state index contributed by atoms with van der Waals surface area (Å²) in [4.78, 5) is 23.7. The quantitative estimate of drug-likeness (QED) is 0.148. The van der Waals surface area contributed by atoms with Crippen LogP contribution in [-0.2, 0) is 9.59 Å². The second-order valence-corrected chi connectivity index (χ2v) is 12.9. The summed E-state index contributed by atoms with van der Waals surface area (Å²) in [5, 5.41) is 0. The Balaban J connectivity index is 0.000000774. The van der Waals surface area contributed by atoms with E-state index in [0.717, 1.165) is 64.2 Å². The first-order valence-electron chi connectivity index (χ1n) is 17.3. The highest BCUT2D eigenvalue weighted by Crippen LogP contribution is 2.17. The molecule has 0 aromatic carbocycles. The third kappa shape index (κ3) is 29.5. The summed E-state index contributed by atoms with van der Waals surface area (Å²) in [6.45, 7) is 12.4. The highest BCUT2D eigenvalue weighted by atomic mass is 16.1. The van der Waals surface area contributed by atoms with E-state index in [-0.39, 0.29) is 0 Å². The summed E-state index contributed by atoms with van der Waals surface area (Å²) >= 11 is 0. The molecular weight excluding hydrogens is 488 g/mol. The summed E-state index contributed by atoms with van der Waals surface area (Å²) in [6, 6.07) is 0. The molecule has 0 saturated carbocycles. The zero-order chi connectivity index (χ0) is 29.7. The van der Waals surface area contributed by atoms with Gasteiger partial charge in [-0.2, -0.15) is 0 Å². The first kappa shape index (κ1) is 38.6. The van der Waals surface area contributed by atoms with Crippen LogP contribution in [0.1, 0.15) is 182 Å². The van der Waals surface area contributed by atoms with Crippen molar-refractivity contribution < 1.29 is 9.59 Å². The van der Waals surface area contributed by atoms with Gasteiger partial charge in [-0.15, -0.1) is 6.58 Å². The van der Waals surface area contributed by atoms with E-state index in [1.54, 1.807) is 0 Å². The molecule has 232 valence electrons. The first-order chi connectivity index (χ1) is 19.3. The van der Waals surface area contributed by atoms with E-state index in [0.29, 0.717) is 23.4 Å². The van der Waals surface area contributed by atoms with Crippen molar-refractivity contribution in [2.75, 3.05) is 0 Å². The van der Waals surface area contributed by atoms with Gasteiger partial charge in [0.05, 0.1) is 0 Å². The number of hydrogen-bond donors (Lipinski definition) is 0. The van der Waals surface area contributed by atoms with Gasteiger partial charge in [-0.1, -0.05) is 108 Å². The van der Waals surface area contributed by atoms with Gasteiger partial charge in [0.25, 0.3) is 0 Å². The van der Waals surface area contributed by atoms with Crippen LogP contribution in [0.15, 0.2) is 36.5 Å². The maximum Gasteiger partial charge on any atom is 0.133 e. The van der Waals surface area contributed by atoms with E-state index in [2.05, 4.69) is 52.5 Å². The molecule has 2 atom stereocenters. The summed E-state index contributed by atoms with van der Waals surface area (Å²) < 4.78 is 0. The summed E-state index contributed by atoms with van der Waals surface area (Å²) in [7, 11) is 0. The Morgan fingerprint density at radius 1 is 0.875 bits per heavy atom. The standard InChI is InChI=1S/C21H38O.C17H30O/c1-5-6-7-8-9-10-11-12-13-17-21(22)18-20(4)16-14-15-19(2)3;1-16-13-11-9-7-5-3-2-4-6-8-10-12-14-17(18)15-16/h5,15,20H,1,6-14,16-18H2,2-4H3;7,9,16H,2-6,8,10-15H2,1H3/b;9-7+. The Morgan fingerprint density at radius 2 is 1.48 bits per heavy atom. The normalized spacial score (nSPS) is 19.1. The van der Waals surface area contributed by atoms with Crippen LogP contribution in [0.3, 0.4) is 0 Å². The molecule has 1 aliphatic carbocycles. The predicted molar refractivity (Wildman–Crippen MR) is 178 cm³/mol. The molecule has 0 spiro atoms. The monoisotopic (exact) mass is 557 g/mol. The number of unbranched alkanes of at least 4 members (excludes halogenated alkanes) is 7. The Hall–Kier alpha value is -1.44. The number of Topliss-reactive ketones (excluding diaryl/α,β-unsaturated/α-hetero) is 2. The van der Waals surface area contributed by atoms with E-state index < -0.39 is 0 Å². The lowest BCUT2D eigenvalue weighted by molar-refractivity contribution is -0.120. The molecule has 2 nitrogen and oxygen atoms in total. The fourth-order valence-electron chi connectivity index (χ4n) is 5.42. The molecular formula is C38H68O2. The van der Waals surface area contributed by atoms with Crippen molar-refractivity contribution in [3.8, 4) is 0 Å². The van der Waals surface area contributed by atoms with Gasteiger partial charge >= 0.3 is 0 Å². The second-order valence-electron chi connectivity index (χ2n) is 12.9. The highest BCUT2D eigenvalue weighted by Gasteiger charge is 2.09. The van der Waals surface area contributed by atoms with Crippen molar-refractivity contribution in [3.05, 3.63) is 36.5 Å². The van der Waals surface area contributed by atoms with Gasteiger partial charge in [0.1, 0.15) is 11.6 Å². The minimum atomic E-state index is 0.468. The Labute approximate surface area is 250 Å². The average Bonchev–Trinajstić information content (AvgIpc) is 2.90. The van der Waals surface area contributed by atoms with Crippen molar-refractivity contribution in [3.63, 3.8) is 0 Å². The topological polar surface area (TPSA) is 34.1 Å². The minimum absolute atomic E-state index is 0.468. The number of allylic oxidation sites excluding steroid dienone is 5. The molecule has 0 aromatic heterocycles. The van der Waals surface area contributed by atoms with Crippen LogP contribution >= 0.6 is 0 Å². The summed E-state index contributed by atoms with van der Waals surface area (Å²) in [6.07, 6.45) is 37.1. The largest absolute Gasteiger partial charge is 0.300 e. The minimum Gasteiger partial charge on any atom is -0.300 e. The molecule has 0 aliphatic heterocycles. The smallest absolute Gasteiger partial charge is 0.133 e. The third-order valence-corrected chi connectivity index (χ3v) is 8.05. The fourth-order valence-corrected chi connectivity index (χ4v) is 5.42. The fraction of sp³-hybridized carbons (Fsp3) is 0.789. The van der Waals surface area contributed by atoms with Crippen molar-refractivity contribution in [2.24, 2.45) is 11.8 Å². The molecule has 0 N–H and O–H groups in total. The zero-order valence-corrected chi connectivity index (χ0v) is 27.5. The highest BCUT2D eigenvalue weighted by molar-refractivity contribution is 5.78. The third-order valence-electron chi connectivity index (χ3n) is 8.05. The van der Waals surface area contributed by atoms with Gasteiger partial charge in [0.15, 0.2) is 0 Å². The van der Waals surface area contributed by atoms with Crippen LogP contribution in [0.2, 0.25) is 0 Å². The van der Waals surface area contributed by atoms with Crippen LogP contribution in [0, 0.1) is 11.8 Å². The lowest BCUT2D eigenvalue weighted by Gasteiger charge is -2.09. The van der Waals surface area contributed by atoms with Gasteiger partial charge in [-0.05, 0) is 89.9 Å². The number of carbonyl (C=O) groups is 2. The molecule has 0 bridgehead atoms. The Kier molecular flexibility index (Phi) is 28.0. The van der Waals surface area contributed by atoms with Crippen LogP contribution in [0.5, 0.6) is 0 Å². The van der Waals surface area contributed by atoms with E-state index in [4.69, 9.17) is 0 Å². The lowest BCUT2D eigenvalue weighted by atomic mass is 9.96. The summed E-state index contributed by atoms with van der Waals surface area (Å²) in [5.41, 5.74) is 1.38. The maximum absolute atomic E-state index is 11.9. The van der Waals surface area contributed by atoms with Crippen molar-refractivity contribution >= 4 is 11.6 Å². The molecule has 0 heterocycles. The van der Waals surface area contributed by atoms with Gasteiger partial charge in [0, 0.05) is 25.7 Å². The van der Waals surface area contributed by atoms with Gasteiger partial charge in [-0.25, -0.2) is 0 Å². The number of carbonyl (C=O) groups excluding carboxylic acids is 2. The zero-order valence-electron chi connectivity index (χ0n) is 27.5. The van der Waals surface area contributed by atoms with E-state index in [1.807, 2.05) is 6.08 Å². The molecule has 0 aromatic rings. The molecule has 0 radical (unpaired) electrons. The van der Waals surface area contributed by atoms with Crippen molar-refractivity contribution in [2.45, 2.75) is 182 Å². The van der Waals surface area contributed by atoms with Gasteiger partial charge < -0.3 is 0 Å². The van der Waals surface area contributed by atoms with E-state index in [1.165, 1.54) is 95.5 Å². The molecule has 1 aliphatic rings.